The maximum atomic E-state index is 9.51. The van der Waals surface area contributed by atoms with Gasteiger partial charge in [-0.05, 0) is 24.8 Å². The highest BCUT2D eigenvalue weighted by molar-refractivity contribution is 5.27. The van der Waals surface area contributed by atoms with Crippen molar-refractivity contribution in [2.24, 2.45) is 17.6 Å². The second-order valence-electron chi connectivity index (χ2n) is 5.31. The molecule has 3 nitrogen and oxygen atoms in total. The van der Waals surface area contributed by atoms with Crippen molar-refractivity contribution in [2.45, 2.75) is 24.8 Å². The van der Waals surface area contributed by atoms with Gasteiger partial charge in [-0.2, -0.15) is 0 Å². The van der Waals surface area contributed by atoms with Gasteiger partial charge in [0, 0.05) is 30.6 Å². The van der Waals surface area contributed by atoms with Crippen LogP contribution in [0.1, 0.15) is 24.8 Å². The Labute approximate surface area is 102 Å². The van der Waals surface area contributed by atoms with Crippen molar-refractivity contribution in [1.82, 2.24) is 0 Å². The van der Waals surface area contributed by atoms with E-state index in [1.807, 2.05) is 25.1 Å². The lowest BCUT2D eigenvalue weighted by molar-refractivity contribution is 0.176. The van der Waals surface area contributed by atoms with Crippen molar-refractivity contribution in [2.75, 3.05) is 13.2 Å². The van der Waals surface area contributed by atoms with Gasteiger partial charge in [-0.25, -0.2) is 0 Å². The molecule has 1 fully saturated rings. The SMILES string of the molecule is C[C@@]1(N)[C@H](CO)C[C@H](CO)[C@H]1c1ccccc1. The fourth-order valence-corrected chi connectivity index (χ4v) is 3.26. The molecule has 0 bridgehead atoms. The van der Waals surface area contributed by atoms with Gasteiger partial charge < -0.3 is 15.9 Å². The lowest BCUT2D eigenvalue weighted by atomic mass is 9.77. The Morgan fingerprint density at radius 2 is 1.88 bits per heavy atom. The number of hydrogen-bond acceptors (Lipinski definition) is 3. The number of aliphatic hydroxyl groups is 2. The van der Waals surface area contributed by atoms with E-state index in [4.69, 9.17) is 5.73 Å². The molecule has 0 aliphatic heterocycles. The fourth-order valence-electron chi connectivity index (χ4n) is 3.26. The van der Waals surface area contributed by atoms with Crippen LogP contribution in [0, 0.1) is 11.8 Å². The van der Waals surface area contributed by atoms with E-state index in [9.17, 15) is 10.2 Å². The van der Waals surface area contributed by atoms with Crippen molar-refractivity contribution in [3.8, 4) is 0 Å². The molecule has 4 atom stereocenters. The Balaban J connectivity index is 2.36. The lowest BCUT2D eigenvalue weighted by Crippen LogP contribution is -2.46. The average Bonchev–Trinajstić information content (AvgIpc) is 2.60. The van der Waals surface area contributed by atoms with Crippen molar-refractivity contribution >= 4 is 0 Å². The Morgan fingerprint density at radius 3 is 2.41 bits per heavy atom. The van der Waals surface area contributed by atoms with E-state index in [2.05, 4.69) is 12.1 Å². The molecule has 1 aliphatic rings. The van der Waals surface area contributed by atoms with E-state index in [0.29, 0.717) is 0 Å². The first-order chi connectivity index (χ1) is 8.11. The first-order valence-electron chi connectivity index (χ1n) is 6.16. The maximum Gasteiger partial charge on any atom is 0.0477 e. The Kier molecular flexibility index (Phi) is 3.52. The summed E-state index contributed by atoms with van der Waals surface area (Å²) in [5, 5.41) is 18.9. The Morgan fingerprint density at radius 1 is 1.24 bits per heavy atom. The fraction of sp³-hybridized carbons (Fsp3) is 0.571. The molecule has 0 radical (unpaired) electrons. The first kappa shape index (κ1) is 12.6. The highest BCUT2D eigenvalue weighted by atomic mass is 16.3. The van der Waals surface area contributed by atoms with E-state index in [-0.39, 0.29) is 31.0 Å². The van der Waals surface area contributed by atoms with Crippen LogP contribution < -0.4 is 5.73 Å². The van der Waals surface area contributed by atoms with Crippen LogP contribution in [0.4, 0.5) is 0 Å². The predicted molar refractivity (Wildman–Crippen MR) is 67.5 cm³/mol. The van der Waals surface area contributed by atoms with E-state index in [1.165, 1.54) is 0 Å². The molecule has 4 N–H and O–H groups in total. The van der Waals surface area contributed by atoms with Gasteiger partial charge in [0.25, 0.3) is 0 Å². The Hall–Kier alpha value is -0.900. The van der Waals surface area contributed by atoms with Crippen molar-refractivity contribution in [3.05, 3.63) is 35.9 Å². The minimum Gasteiger partial charge on any atom is -0.396 e. The summed E-state index contributed by atoms with van der Waals surface area (Å²) < 4.78 is 0. The van der Waals surface area contributed by atoms with Gasteiger partial charge in [-0.1, -0.05) is 30.3 Å². The van der Waals surface area contributed by atoms with E-state index in [1.54, 1.807) is 0 Å². The van der Waals surface area contributed by atoms with Crippen LogP contribution in [-0.2, 0) is 0 Å². The predicted octanol–water partition coefficient (Wildman–Crippen LogP) is 1.11. The summed E-state index contributed by atoms with van der Waals surface area (Å²) in [7, 11) is 0. The third-order valence-electron chi connectivity index (χ3n) is 4.22. The smallest absolute Gasteiger partial charge is 0.0477 e. The second-order valence-corrected chi connectivity index (χ2v) is 5.31. The van der Waals surface area contributed by atoms with Gasteiger partial charge in [0.2, 0.25) is 0 Å². The number of rotatable bonds is 3. The van der Waals surface area contributed by atoms with Gasteiger partial charge in [-0.15, -0.1) is 0 Å². The molecule has 0 aromatic heterocycles. The van der Waals surface area contributed by atoms with Crippen molar-refractivity contribution < 1.29 is 10.2 Å². The number of nitrogens with two attached hydrogens (primary N) is 1. The van der Waals surface area contributed by atoms with Gasteiger partial charge >= 0.3 is 0 Å². The monoisotopic (exact) mass is 235 g/mol. The highest BCUT2D eigenvalue weighted by Gasteiger charge is 2.49. The third-order valence-corrected chi connectivity index (χ3v) is 4.22. The van der Waals surface area contributed by atoms with Crippen LogP contribution in [0.15, 0.2) is 30.3 Å². The molecule has 0 saturated heterocycles. The van der Waals surface area contributed by atoms with Crippen LogP contribution in [0.5, 0.6) is 0 Å². The molecule has 1 aromatic rings. The topological polar surface area (TPSA) is 66.5 Å². The Bertz CT molecular complexity index is 364. The van der Waals surface area contributed by atoms with Crippen LogP contribution in [0.3, 0.4) is 0 Å². The van der Waals surface area contributed by atoms with Gasteiger partial charge in [-0.3, -0.25) is 0 Å². The standard InChI is InChI=1S/C14H21NO2/c1-14(15)12(9-17)7-11(8-16)13(14)10-5-3-2-4-6-10/h2-6,11-13,16-17H,7-9,15H2,1H3/t11-,12+,13-,14-/m1/s1. The quantitative estimate of drug-likeness (QED) is 0.735. The molecule has 1 aliphatic carbocycles. The first-order valence-corrected chi connectivity index (χ1v) is 6.16. The summed E-state index contributed by atoms with van der Waals surface area (Å²) in [6.07, 6.45) is 0.791. The molecule has 3 heteroatoms. The third kappa shape index (κ3) is 2.10. The molecule has 1 saturated carbocycles. The molecule has 94 valence electrons. The summed E-state index contributed by atoms with van der Waals surface area (Å²) in [4.78, 5) is 0. The summed E-state index contributed by atoms with van der Waals surface area (Å²) in [5.74, 6) is 0.320. The second kappa shape index (κ2) is 4.77. The molecule has 0 unspecified atom stereocenters. The van der Waals surface area contributed by atoms with Gasteiger partial charge in [0.05, 0.1) is 0 Å². The minimum absolute atomic E-state index is 0.0601. The molecule has 17 heavy (non-hydrogen) atoms. The molecule has 0 spiro atoms. The number of aliphatic hydroxyl groups excluding tert-OH is 2. The largest absolute Gasteiger partial charge is 0.396 e. The van der Waals surface area contributed by atoms with E-state index >= 15 is 0 Å². The highest BCUT2D eigenvalue weighted by Crippen LogP contribution is 2.48. The number of hydrogen-bond donors (Lipinski definition) is 3. The molecule has 0 amide bonds. The van der Waals surface area contributed by atoms with Crippen LogP contribution in [0.2, 0.25) is 0 Å². The van der Waals surface area contributed by atoms with Crippen molar-refractivity contribution in [1.29, 1.82) is 0 Å². The van der Waals surface area contributed by atoms with Crippen LogP contribution >= 0.6 is 0 Å². The zero-order valence-electron chi connectivity index (χ0n) is 10.2. The summed E-state index contributed by atoms with van der Waals surface area (Å²) in [5.41, 5.74) is 7.11. The zero-order chi connectivity index (χ0) is 12.5. The summed E-state index contributed by atoms with van der Waals surface area (Å²) in [6.45, 7) is 2.21. The van der Waals surface area contributed by atoms with Gasteiger partial charge in [0.1, 0.15) is 0 Å². The summed E-state index contributed by atoms with van der Waals surface area (Å²) >= 11 is 0. The number of benzene rings is 1. The molecule has 1 aromatic carbocycles. The molecular weight excluding hydrogens is 214 g/mol. The molecule has 0 heterocycles. The normalized spacial score (nSPS) is 37.3. The van der Waals surface area contributed by atoms with Crippen molar-refractivity contribution in [3.63, 3.8) is 0 Å². The van der Waals surface area contributed by atoms with Crippen LogP contribution in [0.25, 0.3) is 0 Å². The minimum atomic E-state index is -0.455. The lowest BCUT2D eigenvalue weighted by Gasteiger charge is -2.33. The maximum absolute atomic E-state index is 9.51. The molecular formula is C14H21NO2. The average molecular weight is 235 g/mol. The summed E-state index contributed by atoms with van der Waals surface area (Å²) in [6, 6.07) is 10.1. The van der Waals surface area contributed by atoms with Crippen LogP contribution in [-0.4, -0.2) is 29.0 Å². The van der Waals surface area contributed by atoms with Gasteiger partial charge in [0.15, 0.2) is 0 Å². The molecule has 2 rings (SSSR count). The van der Waals surface area contributed by atoms with E-state index in [0.717, 1.165) is 12.0 Å². The van der Waals surface area contributed by atoms with E-state index < -0.39 is 5.54 Å². The zero-order valence-corrected chi connectivity index (χ0v) is 10.2.